The van der Waals surface area contributed by atoms with Gasteiger partial charge in [-0.2, -0.15) is 23.5 Å². The second-order valence-electron chi connectivity index (χ2n) is 4.15. The van der Waals surface area contributed by atoms with Gasteiger partial charge in [-0.05, 0) is 29.8 Å². The summed E-state index contributed by atoms with van der Waals surface area (Å²) in [6.07, 6.45) is -3.05. The normalized spacial score (nSPS) is 11.3. The number of alkyl halides is 3. The Morgan fingerprint density at radius 3 is 2.33 bits per heavy atom. The third-order valence-corrected chi connectivity index (χ3v) is 2.67. The van der Waals surface area contributed by atoms with Gasteiger partial charge in [0.1, 0.15) is 0 Å². The van der Waals surface area contributed by atoms with Crippen molar-refractivity contribution in [1.29, 1.82) is 5.26 Å². The average Bonchev–Trinajstić information content (AvgIpc) is 2.47. The summed E-state index contributed by atoms with van der Waals surface area (Å²) in [4.78, 5) is 0. The maximum absolute atomic E-state index is 12.8. The van der Waals surface area contributed by atoms with Crippen LogP contribution in [0.4, 0.5) is 18.9 Å². The first-order valence-electron chi connectivity index (χ1n) is 5.96. The highest BCUT2D eigenvalue weighted by molar-refractivity contribution is 5.80. The summed E-state index contributed by atoms with van der Waals surface area (Å²) in [7, 11) is 0. The van der Waals surface area contributed by atoms with Gasteiger partial charge in [-0.15, -0.1) is 0 Å². The molecule has 0 fully saturated rings. The van der Waals surface area contributed by atoms with Crippen molar-refractivity contribution in [2.45, 2.75) is 6.18 Å². The van der Waals surface area contributed by atoms with Crippen molar-refractivity contribution in [3.63, 3.8) is 0 Å². The maximum Gasteiger partial charge on any atom is 0.418 e. The third-order valence-electron chi connectivity index (χ3n) is 2.67. The number of nitrogens with zero attached hydrogens (tertiary/aromatic N) is 2. The second-order valence-corrected chi connectivity index (χ2v) is 4.15. The van der Waals surface area contributed by atoms with Gasteiger partial charge in [-0.3, -0.25) is 5.43 Å². The molecule has 2 aromatic carbocycles. The van der Waals surface area contributed by atoms with Crippen LogP contribution in [0.25, 0.3) is 0 Å². The number of anilines is 1. The van der Waals surface area contributed by atoms with Crippen LogP contribution in [0.5, 0.6) is 0 Å². The van der Waals surface area contributed by atoms with Crippen molar-refractivity contribution >= 4 is 11.9 Å². The van der Waals surface area contributed by atoms with E-state index in [-0.39, 0.29) is 5.69 Å². The molecule has 0 saturated heterocycles. The molecule has 0 bridgehead atoms. The van der Waals surface area contributed by atoms with Gasteiger partial charge in [0, 0.05) is 0 Å². The number of benzene rings is 2. The van der Waals surface area contributed by atoms with Crippen LogP contribution in [-0.2, 0) is 6.18 Å². The molecule has 0 unspecified atom stereocenters. The molecule has 106 valence electrons. The molecule has 21 heavy (non-hydrogen) atoms. The lowest BCUT2D eigenvalue weighted by atomic mass is 10.2. The van der Waals surface area contributed by atoms with Gasteiger partial charge in [0.2, 0.25) is 0 Å². The zero-order chi connectivity index (χ0) is 15.3. The largest absolute Gasteiger partial charge is 0.418 e. The molecule has 0 heterocycles. The SMILES string of the molecule is N#Cc1ccc(/C=N/Nc2ccccc2C(F)(F)F)cc1. The van der Waals surface area contributed by atoms with Crippen molar-refractivity contribution in [1.82, 2.24) is 0 Å². The molecular formula is C15H10F3N3. The van der Waals surface area contributed by atoms with E-state index in [4.69, 9.17) is 5.26 Å². The Hall–Kier alpha value is -2.81. The number of nitriles is 1. The van der Waals surface area contributed by atoms with E-state index in [1.807, 2.05) is 6.07 Å². The highest BCUT2D eigenvalue weighted by Gasteiger charge is 2.33. The van der Waals surface area contributed by atoms with Crippen LogP contribution in [0.15, 0.2) is 53.6 Å². The smallest absolute Gasteiger partial charge is 0.278 e. The molecule has 0 spiro atoms. The monoisotopic (exact) mass is 289 g/mol. The molecule has 6 heteroatoms. The van der Waals surface area contributed by atoms with Crippen molar-refractivity contribution < 1.29 is 13.2 Å². The number of rotatable bonds is 3. The minimum absolute atomic E-state index is 0.116. The molecule has 0 saturated carbocycles. The van der Waals surface area contributed by atoms with E-state index < -0.39 is 11.7 Å². The van der Waals surface area contributed by atoms with Crippen molar-refractivity contribution in [2.75, 3.05) is 5.43 Å². The predicted octanol–water partition coefficient (Wildman–Crippen LogP) is 4.02. The van der Waals surface area contributed by atoms with Crippen LogP contribution in [-0.4, -0.2) is 6.21 Å². The van der Waals surface area contributed by atoms with Crippen molar-refractivity contribution in [3.05, 3.63) is 65.2 Å². The lowest BCUT2D eigenvalue weighted by Gasteiger charge is -2.11. The molecule has 2 aromatic rings. The maximum atomic E-state index is 12.8. The minimum atomic E-state index is -4.44. The van der Waals surface area contributed by atoms with Gasteiger partial charge < -0.3 is 0 Å². The lowest BCUT2D eigenvalue weighted by molar-refractivity contribution is -0.136. The summed E-state index contributed by atoms with van der Waals surface area (Å²) in [5, 5.41) is 12.4. The van der Waals surface area contributed by atoms with Gasteiger partial charge in [0.15, 0.2) is 0 Å². The van der Waals surface area contributed by atoms with Gasteiger partial charge in [-0.1, -0.05) is 24.3 Å². The Kier molecular flexibility index (Phi) is 4.24. The standard InChI is InChI=1S/C15H10F3N3/c16-15(17,18)13-3-1-2-4-14(13)21-20-10-12-7-5-11(9-19)6-8-12/h1-8,10,21H/b20-10+. The van der Waals surface area contributed by atoms with Crippen LogP contribution < -0.4 is 5.43 Å². The van der Waals surface area contributed by atoms with E-state index in [0.29, 0.717) is 11.1 Å². The molecule has 0 aliphatic rings. The quantitative estimate of drug-likeness (QED) is 0.685. The van der Waals surface area contributed by atoms with Crippen LogP contribution in [0, 0.1) is 11.3 Å². The summed E-state index contributed by atoms with van der Waals surface area (Å²) in [5.41, 5.74) is 2.66. The second kappa shape index (κ2) is 6.09. The molecule has 0 aromatic heterocycles. The van der Waals surface area contributed by atoms with Crippen molar-refractivity contribution in [3.8, 4) is 6.07 Å². The van der Waals surface area contributed by atoms with Gasteiger partial charge in [-0.25, -0.2) is 0 Å². The number of hydrogen-bond donors (Lipinski definition) is 1. The Morgan fingerprint density at radius 2 is 1.71 bits per heavy atom. The summed E-state index contributed by atoms with van der Waals surface area (Å²) < 4.78 is 38.3. The van der Waals surface area contributed by atoms with E-state index in [0.717, 1.165) is 6.07 Å². The minimum Gasteiger partial charge on any atom is -0.278 e. The lowest BCUT2D eigenvalue weighted by Crippen LogP contribution is -2.08. The van der Waals surface area contributed by atoms with E-state index in [2.05, 4.69) is 10.5 Å². The van der Waals surface area contributed by atoms with E-state index in [9.17, 15) is 13.2 Å². The Labute approximate surface area is 119 Å². The van der Waals surface area contributed by atoms with E-state index in [1.165, 1.54) is 24.4 Å². The fourth-order valence-corrected chi connectivity index (χ4v) is 1.65. The molecule has 1 N–H and O–H groups in total. The third kappa shape index (κ3) is 3.83. The number of nitrogens with one attached hydrogen (secondary N) is 1. The number of halogens is 3. The molecule has 0 aliphatic carbocycles. The molecule has 0 amide bonds. The van der Waals surface area contributed by atoms with Crippen LogP contribution in [0.1, 0.15) is 16.7 Å². The van der Waals surface area contributed by atoms with E-state index in [1.54, 1.807) is 24.3 Å². The molecule has 0 atom stereocenters. The molecule has 0 aliphatic heterocycles. The fourth-order valence-electron chi connectivity index (χ4n) is 1.65. The van der Waals surface area contributed by atoms with Gasteiger partial charge in [0.05, 0.1) is 29.1 Å². The van der Waals surface area contributed by atoms with Crippen LogP contribution >= 0.6 is 0 Å². The summed E-state index contributed by atoms with van der Waals surface area (Å²) >= 11 is 0. The first-order valence-corrected chi connectivity index (χ1v) is 5.96. The first-order chi connectivity index (χ1) is 10.0. The topological polar surface area (TPSA) is 48.2 Å². The Morgan fingerprint density at radius 1 is 1.05 bits per heavy atom. The first kappa shape index (κ1) is 14.6. The zero-order valence-electron chi connectivity index (χ0n) is 10.7. The Balaban J connectivity index is 2.13. The fraction of sp³-hybridized carbons (Fsp3) is 0.0667. The predicted molar refractivity (Wildman–Crippen MR) is 73.8 cm³/mol. The number of para-hydroxylation sites is 1. The molecule has 0 radical (unpaired) electrons. The van der Waals surface area contributed by atoms with Crippen molar-refractivity contribution in [2.24, 2.45) is 5.10 Å². The number of hydrazone groups is 1. The van der Waals surface area contributed by atoms with Crippen LogP contribution in [0.3, 0.4) is 0 Å². The van der Waals surface area contributed by atoms with Gasteiger partial charge in [0.25, 0.3) is 0 Å². The summed E-state index contributed by atoms with van der Waals surface area (Å²) in [5.74, 6) is 0. The molecular weight excluding hydrogens is 279 g/mol. The zero-order valence-corrected chi connectivity index (χ0v) is 10.7. The Bertz CT molecular complexity index is 683. The summed E-state index contributed by atoms with van der Waals surface area (Å²) in [6.45, 7) is 0. The molecule has 2 rings (SSSR count). The number of hydrogen-bond acceptors (Lipinski definition) is 3. The van der Waals surface area contributed by atoms with Gasteiger partial charge >= 0.3 is 6.18 Å². The van der Waals surface area contributed by atoms with Crippen LogP contribution in [0.2, 0.25) is 0 Å². The summed E-state index contributed by atoms with van der Waals surface area (Å²) in [6, 6.07) is 13.6. The average molecular weight is 289 g/mol. The highest BCUT2D eigenvalue weighted by Crippen LogP contribution is 2.34. The highest BCUT2D eigenvalue weighted by atomic mass is 19.4. The molecule has 3 nitrogen and oxygen atoms in total. The van der Waals surface area contributed by atoms with E-state index >= 15 is 0 Å².